The molecule has 0 radical (unpaired) electrons. The first-order valence-corrected chi connectivity index (χ1v) is 6.93. The highest BCUT2D eigenvalue weighted by atomic mass is 28.3. The summed E-state index contributed by atoms with van der Waals surface area (Å²) in [5.41, 5.74) is 0. The highest BCUT2D eigenvalue weighted by Crippen LogP contribution is 1.62. The van der Waals surface area contributed by atoms with E-state index in [0.29, 0.717) is 4.52 Å². The molecule has 0 fully saturated rings. The van der Waals surface area contributed by atoms with Crippen molar-refractivity contribution in [2.24, 2.45) is 0 Å². The molecule has 0 aliphatic carbocycles. The number of hydrogen-bond acceptors (Lipinski definition) is 0. The maximum atomic E-state index is 1.56. The summed E-state index contributed by atoms with van der Waals surface area (Å²) in [7, 11) is 6.22. The molecule has 0 saturated carbocycles. The summed E-state index contributed by atoms with van der Waals surface area (Å²) in [5, 5.41) is 0. The van der Waals surface area contributed by atoms with Gasteiger partial charge in [-0.3, -0.25) is 0 Å². The van der Waals surface area contributed by atoms with Gasteiger partial charge in [0, 0.05) is 0 Å². The minimum atomic E-state index is 0.556. The van der Waals surface area contributed by atoms with Crippen LogP contribution in [-0.4, -0.2) is 45.0 Å². The lowest BCUT2D eigenvalue weighted by Gasteiger charge is -2.08. The summed E-state index contributed by atoms with van der Waals surface area (Å²) < 4.78 is 0.556. The molecule has 0 aliphatic rings. The molecule has 5 heavy (non-hydrogen) atoms. The molecule has 0 N–H and O–H groups in total. The Balaban J connectivity index is 3.02. The van der Waals surface area contributed by atoms with Crippen LogP contribution in [0.4, 0.5) is 0 Å². The van der Waals surface area contributed by atoms with Crippen LogP contribution >= 0.6 is 0 Å². The monoisotopic (exact) mass is 135 g/mol. The van der Waals surface area contributed by atoms with E-state index in [4.69, 9.17) is 0 Å². The third-order valence-corrected chi connectivity index (χ3v) is 0. The lowest BCUT2D eigenvalue weighted by Crippen LogP contribution is -2.38. The largest absolute Gasteiger partial charge is 0.143 e. The zero-order chi connectivity index (χ0) is 4.50. The molecule has 0 rings (SSSR count). The van der Waals surface area contributed by atoms with Crippen LogP contribution in [-0.2, 0) is 0 Å². The molecule has 0 aromatic rings. The lowest BCUT2D eigenvalue weighted by atomic mass is 10.6. The number of rotatable bonds is 0. The predicted octanol–water partition coefficient (Wildman–Crippen LogP) is -5.12. The van der Waals surface area contributed by atoms with Crippen LogP contribution in [0.5, 0.6) is 0 Å². The molecule has 0 unspecified atom stereocenters. The van der Waals surface area contributed by atoms with Crippen LogP contribution in [0, 0.1) is 0 Å². The van der Waals surface area contributed by atoms with Gasteiger partial charge >= 0.3 is 0 Å². The van der Waals surface area contributed by atoms with Crippen molar-refractivity contribution >= 4 is 45.0 Å². The fourth-order valence-electron chi connectivity index (χ4n) is 0. The van der Waals surface area contributed by atoms with E-state index in [0.717, 1.165) is 0 Å². The average Bonchev–Trinajstić information content (AvgIpc) is 0.722. The first-order valence-electron chi connectivity index (χ1n) is 2.31. The molecule has 0 saturated heterocycles. The van der Waals surface area contributed by atoms with Gasteiger partial charge in [0.1, 0.15) is 0 Å². The van der Waals surface area contributed by atoms with Crippen LogP contribution in [0.15, 0.2) is 0 Å². The average molecular weight is 135 g/mol. The molecule has 0 amide bonds. The second kappa shape index (κ2) is 1.59. The third kappa shape index (κ3) is 48.8. The highest BCUT2D eigenvalue weighted by molar-refractivity contribution is 7.76. The van der Waals surface area contributed by atoms with Crippen molar-refractivity contribution in [1.29, 1.82) is 0 Å². The van der Waals surface area contributed by atoms with Gasteiger partial charge < -0.3 is 0 Å². The Morgan fingerprint density at radius 3 is 0.800 bits per heavy atom. The van der Waals surface area contributed by atoms with Crippen LogP contribution in [0.25, 0.3) is 0 Å². The molecular weight excluding hydrogens is 123 g/mol. The molecule has 0 aromatic carbocycles. The van der Waals surface area contributed by atoms with E-state index in [9.17, 15) is 0 Å². The molecule has 5 heteroatoms. The van der Waals surface area contributed by atoms with E-state index in [1.165, 1.54) is 0 Å². The van der Waals surface area contributed by atoms with Gasteiger partial charge in [-0.25, -0.2) is 0 Å². The maximum Gasteiger partial charge on any atom is -0.0212 e. The summed E-state index contributed by atoms with van der Waals surface area (Å²) in [5.74, 6) is 0. The van der Waals surface area contributed by atoms with Crippen LogP contribution in [0.2, 0.25) is 0 Å². The molecule has 0 heterocycles. The smallest absolute Gasteiger partial charge is 0.0212 e. The van der Waals surface area contributed by atoms with Crippen molar-refractivity contribution < 1.29 is 0 Å². The van der Waals surface area contributed by atoms with Gasteiger partial charge in [0.05, 0.1) is 0 Å². The summed E-state index contributed by atoms with van der Waals surface area (Å²) in [6.45, 7) is 0. The fourth-order valence-corrected chi connectivity index (χ4v) is 0. The topological polar surface area (TPSA) is 0 Å². The van der Waals surface area contributed by atoms with Gasteiger partial charge in [-0.05, 0) is 4.52 Å². The van der Waals surface area contributed by atoms with Crippen molar-refractivity contribution in [1.82, 2.24) is 0 Å². The third-order valence-electron chi connectivity index (χ3n) is 0. The van der Waals surface area contributed by atoms with Gasteiger partial charge in [-0.1, -0.05) is 0 Å². The lowest BCUT2D eigenvalue weighted by molar-refractivity contribution is 3.76. The van der Waals surface area contributed by atoms with E-state index in [1.54, 1.807) is 40.5 Å². The van der Waals surface area contributed by atoms with Crippen LogP contribution in [0.1, 0.15) is 0 Å². The minimum Gasteiger partial charge on any atom is -0.143 e. The zero-order valence-corrected chi connectivity index (χ0v) is 12.6. The molecule has 0 nitrogen and oxygen atoms in total. The SMILES string of the molecule is [SiH3][B-]([SiH3])([SiH3])[SiH3]. The standard InChI is InChI=1S/BH12Si4/c2-1(3,4)5/h2-5H3/q-1. The van der Waals surface area contributed by atoms with Gasteiger partial charge in [0.25, 0.3) is 0 Å². The molecule has 0 bridgehead atoms. The van der Waals surface area contributed by atoms with Crippen LogP contribution in [0.3, 0.4) is 0 Å². The van der Waals surface area contributed by atoms with Gasteiger partial charge in [-0.15, -0.1) is 40.5 Å². The van der Waals surface area contributed by atoms with Gasteiger partial charge in [0.2, 0.25) is 0 Å². The Bertz CT molecular complexity index is 19.1. The summed E-state index contributed by atoms with van der Waals surface area (Å²) in [6.07, 6.45) is 0. The van der Waals surface area contributed by atoms with E-state index in [1.807, 2.05) is 0 Å². The molecule has 0 spiro atoms. The second-order valence-electron chi connectivity index (χ2n) is 3.46. The maximum absolute atomic E-state index is 1.56. The van der Waals surface area contributed by atoms with E-state index < -0.39 is 0 Å². The first kappa shape index (κ1) is 5.93. The van der Waals surface area contributed by atoms with E-state index in [2.05, 4.69) is 0 Å². The Kier molecular flexibility index (Phi) is 1.88. The Morgan fingerprint density at radius 2 is 0.800 bits per heavy atom. The highest BCUT2D eigenvalue weighted by Gasteiger charge is 1.92. The van der Waals surface area contributed by atoms with Gasteiger partial charge in [0.15, 0.2) is 0 Å². The van der Waals surface area contributed by atoms with Crippen molar-refractivity contribution in [3.63, 3.8) is 0 Å². The molecule has 0 aromatic heterocycles. The number of hydrogen-bond donors (Lipinski definition) is 0. The zero-order valence-electron chi connectivity index (χ0n) is 4.58. The molecule has 32 valence electrons. The normalized spacial score (nSPS) is 24.0. The van der Waals surface area contributed by atoms with Crippen molar-refractivity contribution in [2.75, 3.05) is 0 Å². The van der Waals surface area contributed by atoms with Crippen molar-refractivity contribution in [3.05, 3.63) is 0 Å². The summed E-state index contributed by atoms with van der Waals surface area (Å²) >= 11 is 0. The van der Waals surface area contributed by atoms with E-state index in [-0.39, 0.29) is 0 Å². The Morgan fingerprint density at radius 1 is 0.800 bits per heavy atom. The second-order valence-corrected chi connectivity index (χ2v) is 31.2. The molecule has 0 atom stereocenters. The summed E-state index contributed by atoms with van der Waals surface area (Å²) in [6, 6.07) is 0. The minimum absolute atomic E-state index is 0.556. The fraction of sp³-hybridized carbons (Fsp3) is 0. The van der Waals surface area contributed by atoms with Crippen molar-refractivity contribution in [2.45, 2.75) is 0 Å². The molecular formula is H12BSi4-. The summed E-state index contributed by atoms with van der Waals surface area (Å²) in [4.78, 5) is 0. The Hall–Kier alpha value is 0.932. The van der Waals surface area contributed by atoms with Gasteiger partial charge in [-0.2, -0.15) is 0 Å². The van der Waals surface area contributed by atoms with E-state index >= 15 is 0 Å². The Labute approximate surface area is 45.5 Å². The molecule has 0 aliphatic heterocycles. The predicted molar refractivity (Wildman–Crippen MR) is 45.5 cm³/mol. The van der Waals surface area contributed by atoms with Crippen LogP contribution < -0.4 is 0 Å². The quantitative estimate of drug-likeness (QED) is 0.292. The first-order chi connectivity index (χ1) is 2.00. The van der Waals surface area contributed by atoms with Crippen molar-refractivity contribution in [3.8, 4) is 0 Å².